The molecule has 0 aliphatic rings. The summed E-state index contributed by atoms with van der Waals surface area (Å²) in [7, 11) is 1.66. The summed E-state index contributed by atoms with van der Waals surface area (Å²) in [6.07, 6.45) is 5.18. The van der Waals surface area contributed by atoms with Crippen molar-refractivity contribution in [1.29, 1.82) is 5.26 Å². The lowest BCUT2D eigenvalue weighted by atomic mass is 9.97. The summed E-state index contributed by atoms with van der Waals surface area (Å²) in [6.45, 7) is 0.641. The van der Waals surface area contributed by atoms with Gasteiger partial charge >= 0.3 is 0 Å². The van der Waals surface area contributed by atoms with Crippen molar-refractivity contribution in [2.45, 2.75) is 44.9 Å². The van der Waals surface area contributed by atoms with E-state index in [-0.39, 0.29) is 11.6 Å². The van der Waals surface area contributed by atoms with Gasteiger partial charge in [-0.25, -0.2) is 4.39 Å². The molecule has 0 amide bonds. The number of hydrogen-bond donors (Lipinski definition) is 0. The molecule has 3 rings (SSSR count). The number of Topliss-reactive ketones (excluding diaryl/α,β-unsaturated/α-hetero) is 1. The van der Waals surface area contributed by atoms with Crippen LogP contribution in [0.15, 0.2) is 60.7 Å². The molecule has 0 radical (unpaired) electrons. The summed E-state index contributed by atoms with van der Waals surface area (Å²) >= 11 is 0. The molecule has 1 heterocycles. The predicted octanol–water partition coefficient (Wildman–Crippen LogP) is 6.32. The molecule has 4 nitrogen and oxygen atoms in total. The number of carbonyl (C=O) groups is 1. The molecule has 0 aliphatic heterocycles. The summed E-state index contributed by atoms with van der Waals surface area (Å²) < 4.78 is 18.5. The van der Waals surface area contributed by atoms with Crippen molar-refractivity contribution in [2.75, 3.05) is 13.7 Å². The number of aryl methyl sites for hydroxylation is 2. The Morgan fingerprint density at radius 3 is 2.61 bits per heavy atom. The molecule has 0 atom stereocenters. The van der Waals surface area contributed by atoms with Gasteiger partial charge in [-0.3, -0.25) is 9.78 Å². The number of nitrogens with zero attached hydrogens (tertiary/aromatic N) is 2. The Labute approximate surface area is 195 Å². The minimum atomic E-state index is -0.223. The molecule has 170 valence electrons. The number of carbonyl (C=O) groups excluding carboxylic acids is 1. The van der Waals surface area contributed by atoms with Crippen LogP contribution >= 0.6 is 0 Å². The fraction of sp³-hybridized carbons (Fsp3) is 0.321. The molecule has 5 heteroatoms. The maximum absolute atomic E-state index is 13.4. The fourth-order valence-corrected chi connectivity index (χ4v) is 3.88. The largest absolute Gasteiger partial charge is 0.385 e. The number of aromatic nitrogens is 1. The first-order chi connectivity index (χ1) is 16.1. The molecule has 0 saturated carbocycles. The monoisotopic (exact) mass is 444 g/mol. The van der Waals surface area contributed by atoms with Gasteiger partial charge in [0.25, 0.3) is 0 Å². The Balaban J connectivity index is 1.77. The molecule has 1 aromatic heterocycles. The zero-order valence-electron chi connectivity index (χ0n) is 19.0. The lowest BCUT2D eigenvalue weighted by Gasteiger charge is -2.12. The van der Waals surface area contributed by atoms with Crippen LogP contribution < -0.4 is 0 Å². The molecule has 2 aromatic carbocycles. The average Bonchev–Trinajstić information content (AvgIpc) is 2.84. The van der Waals surface area contributed by atoms with E-state index >= 15 is 0 Å². The van der Waals surface area contributed by atoms with Crippen molar-refractivity contribution in [3.8, 4) is 17.3 Å². The molecule has 0 unspecified atom stereocenters. The summed E-state index contributed by atoms with van der Waals surface area (Å²) in [5, 5.41) is 9.46. The standard InChI is InChI=1S/C28H29FN2O2/c1-33-18-7-6-15-28(32)25-16-17-27(24-13-4-3-11-22(24)20-30)31-26(25)14-5-2-9-21-10-8-12-23(29)19-21/h3-4,8,10-13,16-17,19H,2,5-7,9,14-15,18H2,1H3. The van der Waals surface area contributed by atoms with Crippen LogP contribution in [-0.4, -0.2) is 24.5 Å². The molecular weight excluding hydrogens is 415 g/mol. The van der Waals surface area contributed by atoms with E-state index < -0.39 is 0 Å². The molecular formula is C28H29FN2O2. The Bertz CT molecular complexity index is 1120. The predicted molar refractivity (Wildman–Crippen MR) is 127 cm³/mol. The van der Waals surface area contributed by atoms with Gasteiger partial charge < -0.3 is 4.74 Å². The van der Waals surface area contributed by atoms with Crippen molar-refractivity contribution >= 4 is 5.78 Å². The van der Waals surface area contributed by atoms with Crippen LogP contribution in [0.1, 0.15) is 59.3 Å². The van der Waals surface area contributed by atoms with Crippen LogP contribution in [0.5, 0.6) is 0 Å². The molecule has 0 spiro atoms. The van der Waals surface area contributed by atoms with E-state index in [9.17, 15) is 14.4 Å². The smallest absolute Gasteiger partial charge is 0.164 e. The normalized spacial score (nSPS) is 10.7. The van der Waals surface area contributed by atoms with E-state index in [0.29, 0.717) is 36.3 Å². The molecule has 0 fully saturated rings. The zero-order valence-corrected chi connectivity index (χ0v) is 19.0. The van der Waals surface area contributed by atoms with E-state index in [2.05, 4.69) is 6.07 Å². The first-order valence-corrected chi connectivity index (χ1v) is 11.4. The van der Waals surface area contributed by atoms with Gasteiger partial charge in [0.1, 0.15) is 5.82 Å². The third kappa shape index (κ3) is 7.06. The van der Waals surface area contributed by atoms with Gasteiger partial charge in [-0.2, -0.15) is 5.26 Å². The molecule has 33 heavy (non-hydrogen) atoms. The maximum Gasteiger partial charge on any atom is 0.164 e. The van der Waals surface area contributed by atoms with Crippen LogP contribution in [-0.2, 0) is 17.6 Å². The number of ketones is 1. The number of nitriles is 1. The first kappa shape index (κ1) is 24.3. The van der Waals surface area contributed by atoms with Gasteiger partial charge in [0.2, 0.25) is 0 Å². The summed E-state index contributed by atoms with van der Waals surface area (Å²) in [5.74, 6) is -0.141. The van der Waals surface area contributed by atoms with Gasteiger partial charge in [0.05, 0.1) is 23.0 Å². The van der Waals surface area contributed by atoms with Crippen LogP contribution in [0.2, 0.25) is 0 Å². The highest BCUT2D eigenvalue weighted by molar-refractivity contribution is 5.97. The van der Waals surface area contributed by atoms with Crippen molar-refractivity contribution in [2.24, 2.45) is 0 Å². The van der Waals surface area contributed by atoms with Crippen molar-refractivity contribution < 1.29 is 13.9 Å². The molecule has 3 aromatic rings. The number of methoxy groups -OCH3 is 1. The lowest BCUT2D eigenvalue weighted by molar-refractivity contribution is 0.0973. The van der Waals surface area contributed by atoms with Crippen molar-refractivity contribution in [3.63, 3.8) is 0 Å². The quantitative estimate of drug-likeness (QED) is 0.242. The maximum atomic E-state index is 13.4. The number of ether oxygens (including phenoxy) is 1. The topological polar surface area (TPSA) is 63.0 Å². The van der Waals surface area contributed by atoms with E-state index in [0.717, 1.165) is 48.9 Å². The minimum absolute atomic E-state index is 0.0823. The lowest BCUT2D eigenvalue weighted by Crippen LogP contribution is -2.08. The molecule has 0 saturated heterocycles. The Kier molecular flexibility index (Phi) is 9.29. The van der Waals surface area contributed by atoms with Crippen LogP contribution in [0.4, 0.5) is 4.39 Å². The van der Waals surface area contributed by atoms with E-state index in [1.54, 1.807) is 25.3 Å². The van der Waals surface area contributed by atoms with Gasteiger partial charge in [0.15, 0.2) is 5.78 Å². The molecule has 0 N–H and O–H groups in total. The zero-order chi connectivity index (χ0) is 23.5. The second-order valence-corrected chi connectivity index (χ2v) is 8.06. The van der Waals surface area contributed by atoms with Gasteiger partial charge in [-0.1, -0.05) is 30.3 Å². The summed E-state index contributed by atoms with van der Waals surface area (Å²) in [4.78, 5) is 17.7. The van der Waals surface area contributed by atoms with Crippen molar-refractivity contribution in [1.82, 2.24) is 4.98 Å². The Hall–Kier alpha value is -3.36. The van der Waals surface area contributed by atoms with E-state index in [1.807, 2.05) is 36.4 Å². The third-order valence-electron chi connectivity index (χ3n) is 5.62. The number of halogens is 1. The van der Waals surface area contributed by atoms with Gasteiger partial charge in [-0.05, 0) is 74.4 Å². The number of unbranched alkanes of at least 4 members (excludes halogenated alkanes) is 2. The number of rotatable bonds is 12. The fourth-order valence-electron chi connectivity index (χ4n) is 3.88. The van der Waals surface area contributed by atoms with E-state index in [4.69, 9.17) is 9.72 Å². The van der Waals surface area contributed by atoms with Gasteiger partial charge in [-0.15, -0.1) is 0 Å². The number of hydrogen-bond acceptors (Lipinski definition) is 4. The van der Waals surface area contributed by atoms with Crippen LogP contribution in [0.25, 0.3) is 11.3 Å². The second-order valence-electron chi connectivity index (χ2n) is 8.06. The van der Waals surface area contributed by atoms with Crippen molar-refractivity contribution in [3.05, 3.63) is 88.9 Å². The first-order valence-electron chi connectivity index (χ1n) is 11.4. The highest BCUT2D eigenvalue weighted by Gasteiger charge is 2.15. The number of benzene rings is 2. The Morgan fingerprint density at radius 2 is 1.82 bits per heavy atom. The highest BCUT2D eigenvalue weighted by Crippen LogP contribution is 2.25. The summed E-state index contributed by atoms with van der Waals surface area (Å²) in [6, 6.07) is 19.9. The third-order valence-corrected chi connectivity index (χ3v) is 5.62. The summed E-state index contributed by atoms with van der Waals surface area (Å²) in [5.41, 5.74) is 4.39. The Morgan fingerprint density at radius 1 is 1.00 bits per heavy atom. The average molecular weight is 445 g/mol. The van der Waals surface area contributed by atoms with Gasteiger partial charge in [0, 0.05) is 31.3 Å². The number of pyridine rings is 1. The van der Waals surface area contributed by atoms with Crippen LogP contribution in [0.3, 0.4) is 0 Å². The molecule has 0 aliphatic carbocycles. The molecule has 0 bridgehead atoms. The van der Waals surface area contributed by atoms with E-state index in [1.165, 1.54) is 6.07 Å². The highest BCUT2D eigenvalue weighted by atomic mass is 19.1. The van der Waals surface area contributed by atoms with Crippen LogP contribution in [0, 0.1) is 17.1 Å². The minimum Gasteiger partial charge on any atom is -0.385 e. The second kappa shape index (κ2) is 12.6. The SMILES string of the molecule is COCCCCC(=O)c1ccc(-c2ccccc2C#N)nc1CCCCc1cccc(F)c1.